The molecule has 0 aliphatic carbocycles. The summed E-state index contributed by atoms with van der Waals surface area (Å²) in [5.74, 6) is -0.935. The van der Waals surface area contributed by atoms with Gasteiger partial charge in [-0.1, -0.05) is 50.2 Å². The largest absolute Gasteiger partial charge is 0.480 e. The van der Waals surface area contributed by atoms with Crippen molar-refractivity contribution in [1.29, 1.82) is 0 Å². The van der Waals surface area contributed by atoms with Gasteiger partial charge in [0, 0.05) is 55.4 Å². The number of anilines is 2. The van der Waals surface area contributed by atoms with Crippen LogP contribution in [0.4, 0.5) is 16.2 Å². The average Bonchev–Trinajstić information content (AvgIpc) is 2.96. The lowest BCUT2D eigenvalue weighted by molar-refractivity contribution is -0.139. The molecule has 4 rings (SSSR count). The predicted molar refractivity (Wildman–Crippen MR) is 153 cm³/mol. The summed E-state index contributed by atoms with van der Waals surface area (Å²) in [7, 11) is 0. The van der Waals surface area contributed by atoms with Gasteiger partial charge in [-0.2, -0.15) is 0 Å². The van der Waals surface area contributed by atoms with Gasteiger partial charge in [0.1, 0.15) is 12.6 Å². The summed E-state index contributed by atoms with van der Waals surface area (Å²) < 4.78 is 5.10. The molecule has 0 aromatic heterocycles. The topological polar surface area (TPSA) is 144 Å². The summed E-state index contributed by atoms with van der Waals surface area (Å²) in [6, 6.07) is 15.9. The van der Waals surface area contributed by atoms with Gasteiger partial charge in [-0.3, -0.25) is 9.79 Å². The van der Waals surface area contributed by atoms with Crippen LogP contribution in [0.5, 0.6) is 0 Å². The Kier molecular flexibility index (Phi) is 9.47. The molecule has 0 unspecified atom stereocenters. The number of carbonyl (C=O) groups is 3. The fourth-order valence-corrected chi connectivity index (χ4v) is 4.58. The summed E-state index contributed by atoms with van der Waals surface area (Å²) >= 11 is 0. The number of ether oxygens (including phenoxy) is 1. The van der Waals surface area contributed by atoms with E-state index in [1.807, 2.05) is 36.4 Å². The number of piperidine rings is 1. The third-order valence-electron chi connectivity index (χ3n) is 7.02. The van der Waals surface area contributed by atoms with Crippen molar-refractivity contribution in [3.63, 3.8) is 0 Å². The highest BCUT2D eigenvalue weighted by Crippen LogP contribution is 2.26. The molecule has 1 atom stereocenters. The number of alkyl carbamates (subject to hydrolysis) is 1. The minimum absolute atomic E-state index is 0.0207. The van der Waals surface area contributed by atoms with Gasteiger partial charge in [0.05, 0.1) is 0 Å². The lowest BCUT2D eigenvalue weighted by atomic mass is 9.93. The number of rotatable bonds is 9. The third kappa shape index (κ3) is 8.36. The fourth-order valence-electron chi connectivity index (χ4n) is 4.58. The maximum atomic E-state index is 12.8. The number of nitrogens with one attached hydrogen (secondary N) is 4. The molecule has 2 aliphatic heterocycles. The van der Waals surface area contributed by atoms with Crippen molar-refractivity contribution >= 4 is 35.3 Å². The second-order valence-electron chi connectivity index (χ2n) is 11.0. The van der Waals surface area contributed by atoms with Crippen LogP contribution in [0.3, 0.4) is 0 Å². The van der Waals surface area contributed by atoms with Crippen molar-refractivity contribution in [3.8, 4) is 0 Å². The van der Waals surface area contributed by atoms with E-state index in [9.17, 15) is 19.5 Å². The standard InChI is InChI=1S/C29H38N6O5/c1-29(2)18-31-27(32-19-29)33-22-9-6-10-23(15-22)35-13-11-21(12-14-35)25(36)30-16-24(26(37)38)34-28(39)40-17-20-7-4-3-5-8-20/h3-10,15,21,24H,11-14,16-19H2,1-2H3,(H,30,36)(H,34,39)(H,37,38)(H2,31,32,33)/t24-/m0/s1. The molecule has 2 aromatic rings. The summed E-state index contributed by atoms with van der Waals surface area (Å²) in [5.41, 5.74) is 2.93. The summed E-state index contributed by atoms with van der Waals surface area (Å²) in [5, 5.41) is 21.2. The van der Waals surface area contributed by atoms with Crippen LogP contribution in [0.2, 0.25) is 0 Å². The van der Waals surface area contributed by atoms with Gasteiger partial charge in [0.25, 0.3) is 0 Å². The van der Waals surface area contributed by atoms with Gasteiger partial charge < -0.3 is 36.0 Å². The highest BCUT2D eigenvalue weighted by atomic mass is 16.5. The van der Waals surface area contributed by atoms with E-state index >= 15 is 0 Å². The fraction of sp³-hybridized carbons (Fsp3) is 0.448. The van der Waals surface area contributed by atoms with E-state index in [-0.39, 0.29) is 30.4 Å². The zero-order chi connectivity index (χ0) is 28.5. The molecule has 0 bridgehead atoms. The smallest absolute Gasteiger partial charge is 0.408 e. The van der Waals surface area contributed by atoms with Crippen LogP contribution in [0, 0.1) is 11.3 Å². The summed E-state index contributed by atoms with van der Waals surface area (Å²) in [4.78, 5) is 43.3. The molecule has 5 N–H and O–H groups in total. The van der Waals surface area contributed by atoms with Gasteiger partial charge in [0.2, 0.25) is 5.91 Å². The van der Waals surface area contributed by atoms with Gasteiger partial charge >= 0.3 is 12.1 Å². The molecule has 40 heavy (non-hydrogen) atoms. The molecule has 2 heterocycles. The molecular formula is C29H38N6O5. The van der Waals surface area contributed by atoms with Crippen molar-refractivity contribution in [2.75, 3.05) is 42.9 Å². The number of benzene rings is 2. The Balaban J connectivity index is 1.21. The first-order valence-electron chi connectivity index (χ1n) is 13.6. The molecular weight excluding hydrogens is 512 g/mol. The average molecular weight is 551 g/mol. The maximum absolute atomic E-state index is 12.8. The van der Waals surface area contributed by atoms with Crippen LogP contribution >= 0.6 is 0 Å². The van der Waals surface area contributed by atoms with Crippen LogP contribution in [0.1, 0.15) is 32.3 Å². The Bertz CT molecular complexity index is 1210. The van der Waals surface area contributed by atoms with Gasteiger partial charge in [-0.25, -0.2) is 9.59 Å². The second kappa shape index (κ2) is 13.2. The number of aliphatic imine (C=N–C) groups is 1. The van der Waals surface area contributed by atoms with Crippen molar-refractivity contribution in [1.82, 2.24) is 16.0 Å². The Hall–Kier alpha value is -4.28. The van der Waals surface area contributed by atoms with E-state index in [1.54, 1.807) is 12.1 Å². The molecule has 214 valence electrons. The highest BCUT2D eigenvalue weighted by Gasteiger charge is 2.28. The third-order valence-corrected chi connectivity index (χ3v) is 7.02. The van der Waals surface area contributed by atoms with E-state index in [2.05, 4.69) is 51.1 Å². The molecule has 1 fully saturated rings. The van der Waals surface area contributed by atoms with E-state index in [1.165, 1.54) is 0 Å². The number of hydrogen-bond acceptors (Lipinski definition) is 8. The highest BCUT2D eigenvalue weighted by molar-refractivity contribution is 5.94. The zero-order valence-corrected chi connectivity index (χ0v) is 23.0. The first kappa shape index (κ1) is 28.7. The van der Waals surface area contributed by atoms with Crippen molar-refractivity contribution < 1.29 is 24.2 Å². The lowest BCUT2D eigenvalue weighted by Gasteiger charge is -2.33. The van der Waals surface area contributed by atoms with E-state index in [0.717, 1.165) is 36.0 Å². The van der Waals surface area contributed by atoms with Gasteiger partial charge in [0.15, 0.2) is 5.96 Å². The number of guanidine groups is 1. The molecule has 1 saturated heterocycles. The zero-order valence-electron chi connectivity index (χ0n) is 23.0. The first-order valence-corrected chi connectivity index (χ1v) is 13.6. The van der Waals surface area contributed by atoms with Crippen LogP contribution in [-0.4, -0.2) is 67.8 Å². The molecule has 11 nitrogen and oxygen atoms in total. The molecule has 2 aliphatic rings. The molecule has 0 spiro atoms. The number of aliphatic carboxylic acids is 1. The predicted octanol–water partition coefficient (Wildman–Crippen LogP) is 2.80. The quantitative estimate of drug-likeness (QED) is 0.321. The maximum Gasteiger partial charge on any atom is 0.408 e. The SMILES string of the molecule is CC1(C)CN=C(Nc2cccc(N3CCC(C(=O)NC[C@H](NC(=O)OCc4ccccc4)C(=O)O)CC3)c2)NC1. The number of carboxylic acids is 1. The summed E-state index contributed by atoms with van der Waals surface area (Å²) in [6.07, 6.45) is 0.416. The number of hydrogen-bond donors (Lipinski definition) is 5. The van der Waals surface area contributed by atoms with Crippen molar-refractivity contribution in [3.05, 3.63) is 60.2 Å². The van der Waals surface area contributed by atoms with E-state index < -0.39 is 18.1 Å². The van der Waals surface area contributed by atoms with Gasteiger partial charge in [-0.05, 0) is 36.6 Å². The Labute approximate surface area is 234 Å². The molecule has 0 saturated carbocycles. The Morgan fingerprint density at radius 1 is 1.12 bits per heavy atom. The van der Waals surface area contributed by atoms with E-state index in [0.29, 0.717) is 25.9 Å². The van der Waals surface area contributed by atoms with Crippen molar-refractivity contribution in [2.24, 2.45) is 16.3 Å². The molecule has 0 radical (unpaired) electrons. The number of nitrogens with zero attached hydrogens (tertiary/aromatic N) is 2. The molecule has 2 aromatic carbocycles. The molecule has 11 heteroatoms. The first-order chi connectivity index (χ1) is 19.2. The second-order valence-corrected chi connectivity index (χ2v) is 11.0. The van der Waals surface area contributed by atoms with Gasteiger partial charge in [-0.15, -0.1) is 0 Å². The summed E-state index contributed by atoms with van der Waals surface area (Å²) in [6.45, 7) is 7.16. The normalized spacial score (nSPS) is 17.6. The van der Waals surface area contributed by atoms with Crippen LogP contribution < -0.4 is 26.2 Å². The van der Waals surface area contributed by atoms with Crippen LogP contribution in [0.15, 0.2) is 59.6 Å². The number of carbonyl (C=O) groups excluding carboxylic acids is 2. The van der Waals surface area contributed by atoms with Crippen molar-refractivity contribution in [2.45, 2.75) is 39.3 Å². The van der Waals surface area contributed by atoms with Crippen LogP contribution in [-0.2, 0) is 20.9 Å². The minimum atomic E-state index is -1.29. The lowest BCUT2D eigenvalue weighted by Crippen LogP contribution is -2.50. The number of carboxylic acid groups (broad SMARTS) is 1. The molecule has 2 amide bonds. The van der Waals surface area contributed by atoms with Crippen LogP contribution in [0.25, 0.3) is 0 Å². The van der Waals surface area contributed by atoms with E-state index in [4.69, 9.17) is 4.74 Å². The number of amides is 2. The monoisotopic (exact) mass is 550 g/mol. The Morgan fingerprint density at radius 2 is 1.88 bits per heavy atom. The minimum Gasteiger partial charge on any atom is -0.480 e. The Morgan fingerprint density at radius 3 is 2.55 bits per heavy atom.